The van der Waals surface area contributed by atoms with Crippen LogP contribution in [0.15, 0.2) is 30.3 Å². The van der Waals surface area contributed by atoms with Crippen LogP contribution in [0.25, 0.3) is 22.6 Å². The molecule has 0 saturated heterocycles. The van der Waals surface area contributed by atoms with Gasteiger partial charge in [-0.2, -0.15) is 0 Å². The molecule has 2 aromatic heterocycles. The van der Waals surface area contributed by atoms with Crippen LogP contribution in [0.5, 0.6) is 0 Å². The summed E-state index contributed by atoms with van der Waals surface area (Å²) in [5.74, 6) is 0.832. The molecule has 2 heterocycles. The van der Waals surface area contributed by atoms with E-state index in [9.17, 15) is 0 Å². The summed E-state index contributed by atoms with van der Waals surface area (Å²) >= 11 is 0. The highest BCUT2D eigenvalue weighted by molar-refractivity contribution is 5.80. The van der Waals surface area contributed by atoms with E-state index in [0.29, 0.717) is 0 Å². The number of benzene rings is 1. The van der Waals surface area contributed by atoms with Gasteiger partial charge in [0.1, 0.15) is 5.69 Å². The monoisotopic (exact) mass is 237 g/mol. The predicted molar refractivity (Wildman–Crippen MR) is 73.5 cm³/mol. The summed E-state index contributed by atoms with van der Waals surface area (Å²) in [6.45, 7) is 6.20. The van der Waals surface area contributed by atoms with Crippen LogP contribution >= 0.6 is 0 Å². The number of aromatic nitrogens is 3. The van der Waals surface area contributed by atoms with Crippen molar-refractivity contribution in [3.63, 3.8) is 0 Å². The lowest BCUT2D eigenvalue weighted by atomic mass is 10.1. The van der Waals surface area contributed by atoms with Crippen molar-refractivity contribution in [1.29, 1.82) is 0 Å². The van der Waals surface area contributed by atoms with E-state index in [1.807, 2.05) is 25.1 Å². The van der Waals surface area contributed by atoms with Crippen LogP contribution in [0.3, 0.4) is 0 Å². The quantitative estimate of drug-likeness (QED) is 0.703. The molecule has 3 heteroatoms. The first-order valence-electron chi connectivity index (χ1n) is 6.04. The minimum Gasteiger partial charge on any atom is -0.337 e. The molecule has 0 spiro atoms. The van der Waals surface area contributed by atoms with Crippen molar-refractivity contribution in [2.45, 2.75) is 20.8 Å². The fraction of sp³-hybridized carbons (Fsp3) is 0.200. The third kappa shape index (κ3) is 1.78. The normalized spacial score (nSPS) is 11.1. The molecule has 0 saturated carbocycles. The zero-order valence-corrected chi connectivity index (χ0v) is 10.8. The number of aromatic amines is 1. The van der Waals surface area contributed by atoms with Gasteiger partial charge in [-0.3, -0.25) is 0 Å². The van der Waals surface area contributed by atoms with Crippen molar-refractivity contribution in [3.8, 4) is 11.5 Å². The number of nitrogens with zero attached hydrogens (tertiary/aromatic N) is 2. The lowest BCUT2D eigenvalue weighted by molar-refractivity contribution is 1.17. The molecule has 0 atom stereocenters. The van der Waals surface area contributed by atoms with E-state index in [1.54, 1.807) is 0 Å². The van der Waals surface area contributed by atoms with Gasteiger partial charge in [0, 0.05) is 5.69 Å². The van der Waals surface area contributed by atoms with Gasteiger partial charge in [0.15, 0.2) is 5.82 Å². The number of fused-ring (bicyclic) bond motifs is 1. The van der Waals surface area contributed by atoms with Gasteiger partial charge in [0.25, 0.3) is 0 Å². The molecule has 3 nitrogen and oxygen atoms in total. The summed E-state index contributed by atoms with van der Waals surface area (Å²) in [7, 11) is 0. The van der Waals surface area contributed by atoms with Crippen LogP contribution in [0, 0.1) is 20.8 Å². The Morgan fingerprint density at radius 2 is 1.72 bits per heavy atom. The average molecular weight is 237 g/mol. The largest absolute Gasteiger partial charge is 0.337 e. The molecule has 0 bridgehead atoms. The smallest absolute Gasteiger partial charge is 0.157 e. The highest BCUT2D eigenvalue weighted by Gasteiger charge is 2.07. The molecular formula is C15H15N3. The summed E-state index contributed by atoms with van der Waals surface area (Å²) in [6.07, 6.45) is 0. The van der Waals surface area contributed by atoms with Gasteiger partial charge in [-0.05, 0) is 56.2 Å². The van der Waals surface area contributed by atoms with E-state index in [2.05, 4.69) is 40.9 Å². The first-order chi connectivity index (χ1) is 8.63. The molecular weight excluding hydrogens is 222 g/mol. The zero-order chi connectivity index (χ0) is 12.7. The van der Waals surface area contributed by atoms with Crippen molar-refractivity contribution in [2.75, 3.05) is 0 Å². The second kappa shape index (κ2) is 3.95. The molecule has 1 aromatic carbocycles. The van der Waals surface area contributed by atoms with Crippen LogP contribution in [-0.4, -0.2) is 15.0 Å². The molecule has 0 amide bonds. The van der Waals surface area contributed by atoms with Crippen LogP contribution < -0.4 is 0 Å². The van der Waals surface area contributed by atoms with E-state index in [1.165, 1.54) is 11.1 Å². The predicted octanol–water partition coefficient (Wildman–Crippen LogP) is 3.55. The van der Waals surface area contributed by atoms with Crippen LogP contribution in [0.1, 0.15) is 16.8 Å². The van der Waals surface area contributed by atoms with E-state index in [0.717, 1.165) is 28.2 Å². The van der Waals surface area contributed by atoms with Crippen LogP contribution in [0.2, 0.25) is 0 Å². The van der Waals surface area contributed by atoms with E-state index in [4.69, 9.17) is 0 Å². The lowest BCUT2D eigenvalue weighted by Crippen LogP contribution is -1.87. The number of hydrogen-bond acceptors (Lipinski definition) is 2. The molecule has 0 aliphatic carbocycles. The number of nitrogens with one attached hydrogen (secondary N) is 1. The molecule has 0 unspecified atom stereocenters. The Hall–Kier alpha value is -2.16. The van der Waals surface area contributed by atoms with Crippen LogP contribution in [-0.2, 0) is 0 Å². The van der Waals surface area contributed by atoms with Crippen LogP contribution in [0.4, 0.5) is 0 Å². The van der Waals surface area contributed by atoms with Gasteiger partial charge in [-0.15, -0.1) is 0 Å². The van der Waals surface area contributed by atoms with Crippen molar-refractivity contribution >= 4 is 11.0 Å². The maximum Gasteiger partial charge on any atom is 0.157 e. The molecule has 1 N–H and O–H groups in total. The Morgan fingerprint density at radius 1 is 0.944 bits per heavy atom. The van der Waals surface area contributed by atoms with Crippen molar-refractivity contribution < 1.29 is 0 Å². The number of aryl methyl sites for hydroxylation is 3. The fourth-order valence-corrected chi connectivity index (χ4v) is 2.07. The standard InChI is InChI=1S/C15H15N3/c1-9-7-13-14(8-10(9)2)18-15(17-13)12-6-4-5-11(3)16-12/h4-8H,1-3H3,(H,17,18). The van der Waals surface area contributed by atoms with E-state index < -0.39 is 0 Å². The topological polar surface area (TPSA) is 41.6 Å². The van der Waals surface area contributed by atoms with Crippen molar-refractivity contribution in [3.05, 3.63) is 47.2 Å². The van der Waals surface area contributed by atoms with Gasteiger partial charge >= 0.3 is 0 Å². The molecule has 0 aliphatic heterocycles. The zero-order valence-electron chi connectivity index (χ0n) is 10.8. The third-order valence-electron chi connectivity index (χ3n) is 3.23. The fourth-order valence-electron chi connectivity index (χ4n) is 2.07. The molecule has 3 rings (SSSR count). The number of hydrogen-bond donors (Lipinski definition) is 1. The first-order valence-corrected chi connectivity index (χ1v) is 6.04. The summed E-state index contributed by atoms with van der Waals surface area (Å²) in [5, 5.41) is 0. The Balaban J connectivity index is 2.19. The highest BCUT2D eigenvalue weighted by Crippen LogP contribution is 2.21. The second-order valence-electron chi connectivity index (χ2n) is 4.70. The maximum atomic E-state index is 4.61. The Morgan fingerprint density at radius 3 is 2.50 bits per heavy atom. The van der Waals surface area contributed by atoms with E-state index >= 15 is 0 Å². The Bertz CT molecular complexity index is 687. The minimum atomic E-state index is 0.832. The van der Waals surface area contributed by atoms with Gasteiger partial charge in [-0.1, -0.05) is 6.07 Å². The molecule has 90 valence electrons. The molecule has 18 heavy (non-hydrogen) atoms. The van der Waals surface area contributed by atoms with Crippen molar-refractivity contribution in [2.24, 2.45) is 0 Å². The summed E-state index contributed by atoms with van der Waals surface area (Å²) in [6, 6.07) is 10.2. The molecule has 3 aromatic rings. The number of rotatable bonds is 1. The SMILES string of the molecule is Cc1cccc(-c2nc3cc(C)c(C)cc3[nH]2)n1. The second-order valence-corrected chi connectivity index (χ2v) is 4.70. The van der Waals surface area contributed by atoms with Gasteiger partial charge in [0.2, 0.25) is 0 Å². The van der Waals surface area contributed by atoms with E-state index in [-0.39, 0.29) is 0 Å². The summed E-state index contributed by atoms with van der Waals surface area (Å²) in [4.78, 5) is 12.4. The maximum absolute atomic E-state index is 4.61. The summed E-state index contributed by atoms with van der Waals surface area (Å²) in [5.41, 5.74) is 6.49. The number of imidazole rings is 1. The minimum absolute atomic E-state index is 0.832. The Kier molecular flexibility index (Phi) is 2.40. The van der Waals surface area contributed by atoms with Crippen molar-refractivity contribution in [1.82, 2.24) is 15.0 Å². The van der Waals surface area contributed by atoms with Gasteiger partial charge in [0.05, 0.1) is 11.0 Å². The van der Waals surface area contributed by atoms with Gasteiger partial charge in [-0.25, -0.2) is 9.97 Å². The Labute approximate surface area is 106 Å². The van der Waals surface area contributed by atoms with Gasteiger partial charge < -0.3 is 4.98 Å². The first kappa shape index (κ1) is 11.0. The average Bonchev–Trinajstić information content (AvgIpc) is 2.73. The lowest BCUT2D eigenvalue weighted by Gasteiger charge is -1.97. The highest BCUT2D eigenvalue weighted by atomic mass is 14.9. The molecule has 0 radical (unpaired) electrons. The third-order valence-corrected chi connectivity index (χ3v) is 3.23. The molecule has 0 aliphatic rings. The number of pyridine rings is 1. The number of H-pyrrole nitrogens is 1. The molecule has 0 fully saturated rings. The summed E-state index contributed by atoms with van der Waals surface area (Å²) < 4.78 is 0.